The van der Waals surface area contributed by atoms with E-state index in [1.165, 1.54) is 24.0 Å². The van der Waals surface area contributed by atoms with E-state index in [9.17, 15) is 4.79 Å². The second-order valence-corrected chi connectivity index (χ2v) is 5.68. The molecular formula is C14H14N2O2S. The largest absolute Gasteiger partial charge is 0.460 e. The summed E-state index contributed by atoms with van der Waals surface area (Å²) < 4.78 is 5.65. The summed E-state index contributed by atoms with van der Waals surface area (Å²) in [6.07, 6.45) is 2.72. The molecule has 0 radical (unpaired) electrons. The van der Waals surface area contributed by atoms with Crippen LogP contribution in [0.25, 0.3) is 0 Å². The molecule has 0 spiro atoms. The van der Waals surface area contributed by atoms with Crippen LogP contribution in [0.15, 0.2) is 39.2 Å². The van der Waals surface area contributed by atoms with Crippen molar-refractivity contribution in [3.8, 4) is 0 Å². The third-order valence-electron chi connectivity index (χ3n) is 3.23. The number of nitrogens with zero attached hydrogens (tertiary/aromatic N) is 1. The van der Waals surface area contributed by atoms with Gasteiger partial charge in [-0.25, -0.2) is 5.43 Å². The Bertz CT molecular complexity index is 601. The number of rotatable bonds is 4. The van der Waals surface area contributed by atoms with Gasteiger partial charge in [-0.15, -0.1) is 11.3 Å². The SMILES string of the molecule is C[C@H]1C[C@@H]1c1ccc(/C=N\NC(=O)c2cccs2)o1. The van der Waals surface area contributed by atoms with E-state index in [4.69, 9.17) is 4.42 Å². The summed E-state index contributed by atoms with van der Waals surface area (Å²) >= 11 is 1.38. The number of hydrogen-bond donors (Lipinski definition) is 1. The smallest absolute Gasteiger partial charge is 0.281 e. The van der Waals surface area contributed by atoms with E-state index in [2.05, 4.69) is 17.5 Å². The topological polar surface area (TPSA) is 54.6 Å². The Kier molecular flexibility index (Phi) is 3.21. The lowest BCUT2D eigenvalue weighted by Gasteiger charge is -1.94. The third-order valence-corrected chi connectivity index (χ3v) is 4.09. The molecule has 3 rings (SSSR count). The van der Waals surface area contributed by atoms with Crippen LogP contribution in [0.5, 0.6) is 0 Å². The monoisotopic (exact) mass is 274 g/mol. The van der Waals surface area contributed by atoms with Crippen LogP contribution in [0.2, 0.25) is 0 Å². The normalized spacial score (nSPS) is 21.7. The second-order valence-electron chi connectivity index (χ2n) is 4.74. The molecule has 1 aliphatic rings. The summed E-state index contributed by atoms with van der Waals surface area (Å²) in [5.74, 6) is 2.75. The highest BCUT2D eigenvalue weighted by Gasteiger charge is 2.36. The molecule has 0 aliphatic heterocycles. The summed E-state index contributed by atoms with van der Waals surface area (Å²) in [5.41, 5.74) is 2.48. The quantitative estimate of drug-likeness (QED) is 0.687. The molecule has 1 amide bonds. The van der Waals surface area contributed by atoms with Gasteiger partial charge < -0.3 is 4.42 Å². The standard InChI is InChI=1S/C14H14N2O2S/c1-9-7-11(9)12-5-4-10(18-12)8-15-16-14(17)13-3-2-6-19-13/h2-6,8-9,11H,7H2,1H3,(H,16,17)/b15-8-/t9-,11-/m0/s1. The van der Waals surface area contributed by atoms with Gasteiger partial charge in [-0.2, -0.15) is 5.10 Å². The molecule has 0 bridgehead atoms. The number of nitrogens with one attached hydrogen (secondary N) is 1. The van der Waals surface area contributed by atoms with E-state index in [1.54, 1.807) is 6.07 Å². The molecule has 2 aromatic heterocycles. The minimum absolute atomic E-state index is 0.200. The molecule has 1 aliphatic carbocycles. The fourth-order valence-corrected chi connectivity index (χ4v) is 2.59. The van der Waals surface area contributed by atoms with Crippen LogP contribution in [0.1, 0.15) is 40.5 Å². The second kappa shape index (κ2) is 5.01. The van der Waals surface area contributed by atoms with E-state index < -0.39 is 0 Å². The van der Waals surface area contributed by atoms with Crippen molar-refractivity contribution in [2.45, 2.75) is 19.3 Å². The maximum Gasteiger partial charge on any atom is 0.281 e. The summed E-state index contributed by atoms with van der Waals surface area (Å²) in [5, 5.41) is 5.75. The summed E-state index contributed by atoms with van der Waals surface area (Å²) in [6.45, 7) is 2.21. The molecule has 1 N–H and O–H groups in total. The molecule has 2 atom stereocenters. The van der Waals surface area contributed by atoms with Crippen molar-refractivity contribution < 1.29 is 9.21 Å². The first-order valence-corrected chi connectivity index (χ1v) is 7.08. The molecule has 19 heavy (non-hydrogen) atoms. The van der Waals surface area contributed by atoms with Crippen LogP contribution in [0, 0.1) is 5.92 Å². The number of amides is 1. The van der Waals surface area contributed by atoms with Crippen molar-refractivity contribution in [3.05, 3.63) is 46.0 Å². The Balaban J connectivity index is 1.57. The average molecular weight is 274 g/mol. The highest BCUT2D eigenvalue weighted by Crippen LogP contribution is 2.47. The fraction of sp³-hybridized carbons (Fsp3) is 0.286. The zero-order chi connectivity index (χ0) is 13.2. The molecule has 4 nitrogen and oxygen atoms in total. The molecule has 0 aromatic carbocycles. The number of hydrogen-bond acceptors (Lipinski definition) is 4. The molecule has 2 aromatic rings. The van der Waals surface area contributed by atoms with Gasteiger partial charge in [-0.3, -0.25) is 4.79 Å². The molecule has 0 saturated heterocycles. The Hall–Kier alpha value is -1.88. The summed E-state index contributed by atoms with van der Waals surface area (Å²) in [7, 11) is 0. The Morgan fingerprint density at radius 1 is 1.53 bits per heavy atom. The number of carbonyl (C=O) groups excluding carboxylic acids is 1. The minimum atomic E-state index is -0.200. The zero-order valence-corrected chi connectivity index (χ0v) is 11.3. The first kappa shape index (κ1) is 12.2. The predicted molar refractivity (Wildman–Crippen MR) is 74.6 cm³/mol. The van der Waals surface area contributed by atoms with Crippen molar-refractivity contribution in [1.29, 1.82) is 0 Å². The highest BCUT2D eigenvalue weighted by molar-refractivity contribution is 7.12. The maximum absolute atomic E-state index is 11.6. The summed E-state index contributed by atoms with van der Waals surface area (Å²) in [4.78, 5) is 12.3. The number of carbonyl (C=O) groups is 1. The van der Waals surface area contributed by atoms with Crippen molar-refractivity contribution in [2.24, 2.45) is 11.0 Å². The van der Waals surface area contributed by atoms with Gasteiger partial charge in [-0.05, 0) is 35.9 Å². The predicted octanol–water partition coefficient (Wildman–Crippen LogP) is 3.23. The number of furan rings is 1. The molecule has 0 unspecified atom stereocenters. The average Bonchev–Trinajstić information content (AvgIpc) is 2.90. The van der Waals surface area contributed by atoms with Crippen LogP contribution in [0.4, 0.5) is 0 Å². The number of thiophene rings is 1. The van der Waals surface area contributed by atoms with Gasteiger partial charge in [-0.1, -0.05) is 13.0 Å². The lowest BCUT2D eigenvalue weighted by molar-refractivity contribution is 0.0959. The third kappa shape index (κ3) is 2.76. The van der Waals surface area contributed by atoms with E-state index in [1.807, 2.05) is 23.6 Å². The van der Waals surface area contributed by atoms with Crippen LogP contribution < -0.4 is 5.43 Å². The van der Waals surface area contributed by atoms with Crippen molar-refractivity contribution in [1.82, 2.24) is 5.43 Å². The van der Waals surface area contributed by atoms with Gasteiger partial charge in [0.15, 0.2) is 0 Å². The molecular weight excluding hydrogens is 260 g/mol. The zero-order valence-electron chi connectivity index (χ0n) is 10.5. The lowest BCUT2D eigenvalue weighted by atomic mass is 10.3. The maximum atomic E-state index is 11.6. The van der Waals surface area contributed by atoms with Crippen LogP contribution in [-0.2, 0) is 0 Å². The highest BCUT2D eigenvalue weighted by atomic mass is 32.1. The number of hydrazone groups is 1. The molecule has 5 heteroatoms. The van der Waals surface area contributed by atoms with Crippen LogP contribution in [0.3, 0.4) is 0 Å². The summed E-state index contributed by atoms with van der Waals surface area (Å²) in [6, 6.07) is 7.45. The van der Waals surface area contributed by atoms with E-state index in [0.717, 1.165) is 11.7 Å². The Labute approximate surface area is 115 Å². The van der Waals surface area contributed by atoms with Gasteiger partial charge in [0.1, 0.15) is 11.5 Å². The van der Waals surface area contributed by atoms with Crippen molar-refractivity contribution >= 4 is 23.5 Å². The van der Waals surface area contributed by atoms with Gasteiger partial charge in [0, 0.05) is 5.92 Å². The van der Waals surface area contributed by atoms with Gasteiger partial charge >= 0.3 is 0 Å². The van der Waals surface area contributed by atoms with Gasteiger partial charge in [0.2, 0.25) is 0 Å². The molecule has 98 valence electrons. The van der Waals surface area contributed by atoms with E-state index in [0.29, 0.717) is 16.6 Å². The van der Waals surface area contributed by atoms with Crippen molar-refractivity contribution in [3.63, 3.8) is 0 Å². The first-order valence-electron chi connectivity index (χ1n) is 6.20. The first-order chi connectivity index (χ1) is 9.24. The van der Waals surface area contributed by atoms with E-state index in [-0.39, 0.29) is 5.91 Å². The Morgan fingerprint density at radius 2 is 2.37 bits per heavy atom. The van der Waals surface area contributed by atoms with Crippen LogP contribution in [-0.4, -0.2) is 12.1 Å². The molecule has 1 saturated carbocycles. The van der Waals surface area contributed by atoms with E-state index >= 15 is 0 Å². The lowest BCUT2D eigenvalue weighted by Crippen LogP contribution is -2.15. The minimum Gasteiger partial charge on any atom is -0.460 e. The fourth-order valence-electron chi connectivity index (χ4n) is 1.97. The molecule has 1 fully saturated rings. The van der Waals surface area contributed by atoms with Gasteiger partial charge in [0.05, 0.1) is 11.1 Å². The van der Waals surface area contributed by atoms with Crippen molar-refractivity contribution in [2.75, 3.05) is 0 Å². The van der Waals surface area contributed by atoms with Gasteiger partial charge in [0.25, 0.3) is 5.91 Å². The Morgan fingerprint density at radius 3 is 3.05 bits per heavy atom. The molecule has 2 heterocycles. The van der Waals surface area contributed by atoms with Crippen LogP contribution >= 0.6 is 11.3 Å².